The third-order valence-electron chi connectivity index (χ3n) is 2.82. The molecular weight excluding hydrogens is 174 g/mol. The number of rotatable bonds is 0. The topological polar surface area (TPSA) is 66.8 Å². The fourth-order valence-corrected chi connectivity index (χ4v) is 2.07. The van der Waals surface area contributed by atoms with Crippen LogP contribution in [0.1, 0.15) is 19.3 Å². The van der Waals surface area contributed by atoms with Gasteiger partial charge in [-0.05, 0) is 12.8 Å². The standard InChI is InChI=1S/C8H11NO4/c10-6-5-8(9(6)7(11)12)1-3-13-4-2-8/h1-5H2,(H,11,12). The summed E-state index contributed by atoms with van der Waals surface area (Å²) in [6.45, 7) is 1.11. The molecule has 0 atom stereocenters. The first-order valence-corrected chi connectivity index (χ1v) is 4.29. The lowest BCUT2D eigenvalue weighted by Gasteiger charge is -2.50. The first-order valence-electron chi connectivity index (χ1n) is 4.29. The van der Waals surface area contributed by atoms with E-state index in [-0.39, 0.29) is 5.91 Å². The van der Waals surface area contributed by atoms with Gasteiger partial charge in [0.25, 0.3) is 0 Å². The summed E-state index contributed by atoms with van der Waals surface area (Å²) in [5.41, 5.74) is -0.429. The van der Waals surface area contributed by atoms with Gasteiger partial charge in [0.1, 0.15) is 0 Å². The van der Waals surface area contributed by atoms with E-state index in [1.165, 1.54) is 0 Å². The summed E-state index contributed by atoms with van der Waals surface area (Å²) in [6, 6.07) is 0. The Morgan fingerprint density at radius 1 is 1.46 bits per heavy atom. The van der Waals surface area contributed by atoms with Crippen molar-refractivity contribution in [1.29, 1.82) is 0 Å². The Kier molecular flexibility index (Phi) is 1.76. The SMILES string of the molecule is O=C(O)N1C(=O)CC12CCOCC2. The Bertz CT molecular complexity index is 249. The minimum atomic E-state index is -1.13. The average molecular weight is 185 g/mol. The maximum absolute atomic E-state index is 11.0. The van der Waals surface area contributed by atoms with Gasteiger partial charge in [-0.2, -0.15) is 0 Å². The van der Waals surface area contributed by atoms with Crippen LogP contribution < -0.4 is 0 Å². The van der Waals surface area contributed by atoms with Gasteiger partial charge in [-0.25, -0.2) is 9.69 Å². The van der Waals surface area contributed by atoms with Crippen LogP contribution in [-0.4, -0.2) is 40.8 Å². The number of β-lactam (4-membered cyclic amide) rings is 1. The fourth-order valence-electron chi connectivity index (χ4n) is 2.07. The molecule has 13 heavy (non-hydrogen) atoms. The first kappa shape index (κ1) is 8.50. The Morgan fingerprint density at radius 3 is 2.54 bits per heavy atom. The van der Waals surface area contributed by atoms with Crippen molar-refractivity contribution in [2.75, 3.05) is 13.2 Å². The summed E-state index contributed by atoms with van der Waals surface area (Å²) in [4.78, 5) is 22.7. The maximum atomic E-state index is 11.0. The van der Waals surface area contributed by atoms with Gasteiger partial charge < -0.3 is 9.84 Å². The third kappa shape index (κ3) is 1.11. The van der Waals surface area contributed by atoms with Crippen molar-refractivity contribution < 1.29 is 19.4 Å². The van der Waals surface area contributed by atoms with Crippen molar-refractivity contribution in [2.45, 2.75) is 24.8 Å². The number of carbonyl (C=O) groups excluding carboxylic acids is 1. The molecule has 2 heterocycles. The van der Waals surface area contributed by atoms with E-state index in [1.54, 1.807) is 0 Å². The molecule has 2 aliphatic heterocycles. The summed E-state index contributed by atoms with van der Waals surface area (Å²) in [5.74, 6) is -0.283. The van der Waals surface area contributed by atoms with Crippen LogP contribution in [0.2, 0.25) is 0 Å². The minimum Gasteiger partial charge on any atom is -0.465 e. The van der Waals surface area contributed by atoms with Crippen molar-refractivity contribution in [3.63, 3.8) is 0 Å². The monoisotopic (exact) mass is 185 g/mol. The Morgan fingerprint density at radius 2 is 2.08 bits per heavy atom. The average Bonchev–Trinajstić information content (AvgIpc) is 2.03. The second-order valence-electron chi connectivity index (χ2n) is 3.53. The smallest absolute Gasteiger partial charge is 0.414 e. The molecule has 0 aromatic rings. The summed E-state index contributed by atoms with van der Waals surface area (Å²) in [6.07, 6.45) is 0.525. The number of likely N-dealkylation sites (tertiary alicyclic amines) is 1. The molecule has 5 heteroatoms. The second-order valence-corrected chi connectivity index (χ2v) is 3.53. The Hall–Kier alpha value is -1.10. The summed E-state index contributed by atoms with van der Waals surface area (Å²) in [7, 11) is 0. The van der Waals surface area contributed by atoms with E-state index in [9.17, 15) is 9.59 Å². The van der Waals surface area contributed by atoms with E-state index in [2.05, 4.69) is 0 Å². The Balaban J connectivity index is 2.15. The molecule has 2 amide bonds. The molecule has 1 spiro atoms. The molecule has 0 bridgehead atoms. The van der Waals surface area contributed by atoms with E-state index in [0.717, 1.165) is 4.90 Å². The lowest BCUT2D eigenvalue weighted by atomic mass is 9.78. The van der Waals surface area contributed by atoms with Crippen molar-refractivity contribution in [3.8, 4) is 0 Å². The zero-order valence-electron chi connectivity index (χ0n) is 7.15. The number of amides is 2. The zero-order valence-corrected chi connectivity index (χ0v) is 7.15. The molecule has 2 aliphatic rings. The molecule has 2 rings (SSSR count). The van der Waals surface area contributed by atoms with Crippen LogP contribution in [0.25, 0.3) is 0 Å². The predicted molar refractivity (Wildman–Crippen MR) is 42.3 cm³/mol. The lowest BCUT2D eigenvalue weighted by Crippen LogP contribution is -2.67. The fraction of sp³-hybridized carbons (Fsp3) is 0.750. The number of hydrogen-bond acceptors (Lipinski definition) is 3. The summed E-state index contributed by atoms with van der Waals surface area (Å²) >= 11 is 0. The second kappa shape index (κ2) is 2.70. The van der Waals surface area contributed by atoms with E-state index in [4.69, 9.17) is 9.84 Å². The van der Waals surface area contributed by atoms with Crippen LogP contribution in [-0.2, 0) is 9.53 Å². The lowest BCUT2D eigenvalue weighted by molar-refractivity contribution is -0.159. The highest BCUT2D eigenvalue weighted by molar-refractivity contribution is 5.98. The molecule has 0 aromatic heterocycles. The van der Waals surface area contributed by atoms with E-state index in [1.807, 2.05) is 0 Å². The number of nitrogens with zero attached hydrogens (tertiary/aromatic N) is 1. The molecule has 0 radical (unpaired) electrons. The van der Waals surface area contributed by atoms with Crippen LogP contribution in [0.4, 0.5) is 4.79 Å². The van der Waals surface area contributed by atoms with Crippen LogP contribution in [0, 0.1) is 0 Å². The van der Waals surface area contributed by atoms with E-state index >= 15 is 0 Å². The molecule has 0 saturated carbocycles. The molecule has 0 aliphatic carbocycles. The van der Waals surface area contributed by atoms with Gasteiger partial charge in [-0.3, -0.25) is 4.79 Å². The molecule has 0 unspecified atom stereocenters. The number of ether oxygens (including phenoxy) is 1. The summed E-state index contributed by atoms with van der Waals surface area (Å²) < 4.78 is 5.13. The van der Waals surface area contributed by atoms with Crippen LogP contribution in [0.3, 0.4) is 0 Å². The largest absolute Gasteiger partial charge is 0.465 e. The third-order valence-corrected chi connectivity index (χ3v) is 2.82. The number of hydrogen-bond donors (Lipinski definition) is 1. The molecule has 1 N–H and O–H groups in total. The summed E-state index contributed by atoms with van der Waals surface area (Å²) in [5, 5.41) is 8.79. The number of carbonyl (C=O) groups is 2. The van der Waals surface area contributed by atoms with Crippen LogP contribution in [0.15, 0.2) is 0 Å². The maximum Gasteiger partial charge on any atom is 0.414 e. The molecule has 2 saturated heterocycles. The van der Waals surface area contributed by atoms with Gasteiger partial charge in [0.05, 0.1) is 12.0 Å². The van der Waals surface area contributed by atoms with Crippen molar-refractivity contribution >= 4 is 12.0 Å². The molecule has 5 nitrogen and oxygen atoms in total. The van der Waals surface area contributed by atoms with E-state index < -0.39 is 11.6 Å². The number of carboxylic acid groups (broad SMARTS) is 1. The minimum absolute atomic E-state index is 0.283. The van der Waals surface area contributed by atoms with Crippen molar-refractivity contribution in [3.05, 3.63) is 0 Å². The first-order chi connectivity index (χ1) is 6.16. The highest BCUT2D eigenvalue weighted by Crippen LogP contribution is 2.40. The highest BCUT2D eigenvalue weighted by Gasteiger charge is 2.54. The van der Waals surface area contributed by atoms with Gasteiger partial charge in [-0.15, -0.1) is 0 Å². The van der Waals surface area contributed by atoms with E-state index in [0.29, 0.717) is 32.5 Å². The highest BCUT2D eigenvalue weighted by atomic mass is 16.5. The zero-order chi connectivity index (χ0) is 9.47. The molecular formula is C8H11NO4. The van der Waals surface area contributed by atoms with Gasteiger partial charge >= 0.3 is 6.09 Å². The molecule has 0 aromatic carbocycles. The van der Waals surface area contributed by atoms with Crippen molar-refractivity contribution in [1.82, 2.24) is 4.90 Å². The quantitative estimate of drug-likeness (QED) is 0.556. The van der Waals surface area contributed by atoms with Crippen molar-refractivity contribution in [2.24, 2.45) is 0 Å². The van der Waals surface area contributed by atoms with Crippen LogP contribution >= 0.6 is 0 Å². The predicted octanol–water partition coefficient (Wildman–Crippen LogP) is 0.446. The van der Waals surface area contributed by atoms with Gasteiger partial charge in [0.15, 0.2) is 0 Å². The molecule has 2 fully saturated rings. The molecule has 72 valence electrons. The Labute approximate surface area is 75.3 Å². The number of imide groups is 1. The van der Waals surface area contributed by atoms with Gasteiger partial charge in [-0.1, -0.05) is 0 Å². The van der Waals surface area contributed by atoms with Gasteiger partial charge in [0.2, 0.25) is 5.91 Å². The normalized spacial score (nSPS) is 25.8. The van der Waals surface area contributed by atoms with Crippen LogP contribution in [0.5, 0.6) is 0 Å². The van der Waals surface area contributed by atoms with Gasteiger partial charge in [0, 0.05) is 13.2 Å².